The van der Waals surface area contributed by atoms with E-state index in [0.717, 1.165) is 25.2 Å². The maximum absolute atomic E-state index is 11.1. The molecule has 1 aromatic rings. The van der Waals surface area contributed by atoms with E-state index in [1.54, 1.807) is 6.07 Å². The van der Waals surface area contributed by atoms with E-state index in [2.05, 4.69) is 23.7 Å². The summed E-state index contributed by atoms with van der Waals surface area (Å²) in [6, 6.07) is 4.14. The van der Waals surface area contributed by atoms with E-state index < -0.39 is 0 Å². The zero-order valence-electron chi connectivity index (χ0n) is 8.71. The summed E-state index contributed by atoms with van der Waals surface area (Å²) in [6.45, 7) is 6.42. The molecule has 3 heteroatoms. The van der Waals surface area contributed by atoms with Crippen molar-refractivity contribution in [3.05, 3.63) is 33.7 Å². The summed E-state index contributed by atoms with van der Waals surface area (Å²) >= 11 is 0. The largest absolute Gasteiger partial charge is 0.326 e. The van der Waals surface area contributed by atoms with E-state index in [1.807, 2.05) is 6.07 Å². The van der Waals surface area contributed by atoms with E-state index in [9.17, 15) is 4.79 Å². The fourth-order valence-electron chi connectivity index (χ4n) is 1.91. The molecule has 3 nitrogen and oxygen atoms in total. The van der Waals surface area contributed by atoms with E-state index >= 15 is 0 Å². The van der Waals surface area contributed by atoms with Gasteiger partial charge in [-0.25, -0.2) is 0 Å². The normalized spacial score (nSPS) is 17.1. The molecule has 1 N–H and O–H groups in total. The van der Waals surface area contributed by atoms with Crippen LogP contribution < -0.4 is 5.56 Å². The third-order valence-corrected chi connectivity index (χ3v) is 2.85. The van der Waals surface area contributed by atoms with Crippen LogP contribution in [-0.2, 0) is 13.0 Å². The monoisotopic (exact) mass is 192 g/mol. The van der Waals surface area contributed by atoms with Crippen molar-refractivity contribution in [3.8, 4) is 0 Å². The summed E-state index contributed by atoms with van der Waals surface area (Å²) in [7, 11) is 0. The van der Waals surface area contributed by atoms with Gasteiger partial charge in [0.25, 0.3) is 0 Å². The molecule has 0 aromatic carbocycles. The lowest BCUT2D eigenvalue weighted by Crippen LogP contribution is -2.36. The molecule has 0 saturated carbocycles. The van der Waals surface area contributed by atoms with Crippen molar-refractivity contribution in [2.45, 2.75) is 32.9 Å². The average Bonchev–Trinajstić information content (AvgIpc) is 2.16. The highest BCUT2D eigenvalue weighted by Gasteiger charge is 2.18. The fraction of sp³-hybridized carbons (Fsp3) is 0.545. The maximum atomic E-state index is 11.1. The smallest absolute Gasteiger partial charge is 0.248 e. The lowest BCUT2D eigenvalue weighted by molar-refractivity contribution is 0.201. The van der Waals surface area contributed by atoms with Gasteiger partial charge in [-0.1, -0.05) is 6.07 Å². The third kappa shape index (κ3) is 1.73. The van der Waals surface area contributed by atoms with Crippen LogP contribution in [0.25, 0.3) is 0 Å². The lowest BCUT2D eigenvalue weighted by Gasteiger charge is -2.31. The second kappa shape index (κ2) is 3.58. The molecule has 0 bridgehead atoms. The Labute approximate surface area is 83.8 Å². The highest BCUT2D eigenvalue weighted by Crippen LogP contribution is 2.16. The van der Waals surface area contributed by atoms with E-state index in [0.29, 0.717) is 6.04 Å². The third-order valence-electron chi connectivity index (χ3n) is 2.85. The minimum atomic E-state index is 0.0155. The molecule has 0 unspecified atom stereocenters. The van der Waals surface area contributed by atoms with Crippen molar-refractivity contribution < 1.29 is 0 Å². The van der Waals surface area contributed by atoms with Gasteiger partial charge in [0.2, 0.25) is 5.56 Å². The number of pyridine rings is 1. The van der Waals surface area contributed by atoms with Crippen LogP contribution in [0.5, 0.6) is 0 Å². The number of nitrogens with zero attached hydrogens (tertiary/aromatic N) is 1. The number of fused-ring (bicyclic) bond motifs is 1. The van der Waals surface area contributed by atoms with Crippen LogP contribution in [0.15, 0.2) is 16.9 Å². The van der Waals surface area contributed by atoms with Crippen LogP contribution in [0.3, 0.4) is 0 Å². The Morgan fingerprint density at radius 1 is 1.43 bits per heavy atom. The predicted molar refractivity (Wildman–Crippen MR) is 56.3 cm³/mol. The second-order valence-corrected chi connectivity index (χ2v) is 4.14. The van der Waals surface area contributed by atoms with Crippen molar-refractivity contribution in [2.24, 2.45) is 0 Å². The SMILES string of the molecule is CC(C)N1CCc2[nH]c(=O)ccc2C1. The fourth-order valence-corrected chi connectivity index (χ4v) is 1.91. The summed E-state index contributed by atoms with van der Waals surface area (Å²) in [4.78, 5) is 16.4. The molecule has 1 aliphatic rings. The molecule has 76 valence electrons. The molecule has 0 aliphatic carbocycles. The van der Waals surface area contributed by atoms with Crippen LogP contribution >= 0.6 is 0 Å². The van der Waals surface area contributed by atoms with E-state index in [4.69, 9.17) is 0 Å². The summed E-state index contributed by atoms with van der Waals surface area (Å²) in [5.41, 5.74) is 2.40. The molecule has 1 aliphatic heterocycles. The highest BCUT2D eigenvalue weighted by atomic mass is 16.1. The van der Waals surface area contributed by atoms with Crippen molar-refractivity contribution >= 4 is 0 Å². The molecule has 14 heavy (non-hydrogen) atoms. The molecule has 0 amide bonds. The van der Waals surface area contributed by atoms with E-state index in [-0.39, 0.29) is 5.56 Å². The van der Waals surface area contributed by atoms with Crippen molar-refractivity contribution in [1.82, 2.24) is 9.88 Å². The molecular weight excluding hydrogens is 176 g/mol. The van der Waals surface area contributed by atoms with Crippen molar-refractivity contribution in [2.75, 3.05) is 6.54 Å². The van der Waals surface area contributed by atoms with Gasteiger partial charge in [0, 0.05) is 37.3 Å². The number of H-pyrrole nitrogens is 1. The van der Waals surface area contributed by atoms with Crippen LogP contribution in [0.1, 0.15) is 25.1 Å². The highest BCUT2D eigenvalue weighted by molar-refractivity contribution is 5.22. The predicted octanol–water partition coefficient (Wildman–Crippen LogP) is 1.14. The number of hydrogen-bond donors (Lipinski definition) is 1. The Morgan fingerprint density at radius 2 is 2.21 bits per heavy atom. The minimum Gasteiger partial charge on any atom is -0.326 e. The van der Waals surface area contributed by atoms with Crippen LogP contribution in [0.4, 0.5) is 0 Å². The number of rotatable bonds is 1. The topological polar surface area (TPSA) is 36.1 Å². The molecule has 0 spiro atoms. The number of aromatic nitrogens is 1. The Balaban J connectivity index is 2.27. The molecule has 0 saturated heterocycles. The first-order valence-corrected chi connectivity index (χ1v) is 5.12. The lowest BCUT2D eigenvalue weighted by atomic mass is 10.0. The second-order valence-electron chi connectivity index (χ2n) is 4.14. The Bertz CT molecular complexity index is 381. The zero-order valence-corrected chi connectivity index (χ0v) is 8.71. The van der Waals surface area contributed by atoms with Gasteiger partial charge in [-0.15, -0.1) is 0 Å². The number of hydrogen-bond acceptors (Lipinski definition) is 2. The summed E-state index contributed by atoms with van der Waals surface area (Å²) in [5, 5.41) is 0. The molecular formula is C11H16N2O. The number of nitrogens with one attached hydrogen (secondary N) is 1. The minimum absolute atomic E-state index is 0.0155. The quantitative estimate of drug-likeness (QED) is 0.724. The molecule has 0 fully saturated rings. The van der Waals surface area contributed by atoms with Crippen molar-refractivity contribution in [1.29, 1.82) is 0 Å². The maximum Gasteiger partial charge on any atom is 0.248 e. The first-order valence-electron chi connectivity index (χ1n) is 5.12. The van der Waals surface area contributed by atoms with Crippen molar-refractivity contribution in [3.63, 3.8) is 0 Å². The van der Waals surface area contributed by atoms with Gasteiger partial charge in [-0.2, -0.15) is 0 Å². The number of aromatic amines is 1. The molecule has 1 aromatic heterocycles. The van der Waals surface area contributed by atoms with E-state index in [1.165, 1.54) is 5.56 Å². The van der Waals surface area contributed by atoms with Crippen LogP contribution in [-0.4, -0.2) is 22.5 Å². The van der Waals surface area contributed by atoms with Gasteiger partial charge in [0.05, 0.1) is 0 Å². The van der Waals surface area contributed by atoms with Gasteiger partial charge >= 0.3 is 0 Å². The van der Waals surface area contributed by atoms with Gasteiger partial charge < -0.3 is 4.98 Å². The first kappa shape index (κ1) is 9.46. The van der Waals surface area contributed by atoms with Gasteiger partial charge in [0.1, 0.15) is 0 Å². The van der Waals surface area contributed by atoms with Crippen LogP contribution in [0.2, 0.25) is 0 Å². The Morgan fingerprint density at radius 3 is 2.93 bits per heavy atom. The molecule has 2 heterocycles. The Kier molecular flexibility index (Phi) is 2.42. The Hall–Kier alpha value is -1.09. The first-order chi connectivity index (χ1) is 6.66. The van der Waals surface area contributed by atoms with Crippen LogP contribution in [0, 0.1) is 0 Å². The molecule has 0 atom stereocenters. The van der Waals surface area contributed by atoms with Gasteiger partial charge in [0.15, 0.2) is 0 Å². The summed E-state index contributed by atoms with van der Waals surface area (Å²) in [5.74, 6) is 0. The average molecular weight is 192 g/mol. The summed E-state index contributed by atoms with van der Waals surface area (Å²) in [6.07, 6.45) is 0.962. The van der Waals surface area contributed by atoms with Gasteiger partial charge in [-0.3, -0.25) is 9.69 Å². The van der Waals surface area contributed by atoms with Gasteiger partial charge in [-0.05, 0) is 19.4 Å². The molecule has 0 radical (unpaired) electrons. The zero-order chi connectivity index (χ0) is 10.1. The molecule has 2 rings (SSSR count). The standard InChI is InChI=1S/C11H16N2O/c1-8(2)13-6-5-10-9(7-13)3-4-11(14)12-10/h3-4,8H,5-7H2,1-2H3,(H,12,14). The summed E-state index contributed by atoms with van der Waals surface area (Å²) < 4.78 is 0.